The fraction of sp³-hybridized carbons (Fsp3) is 0.280. The van der Waals surface area contributed by atoms with Gasteiger partial charge in [-0.15, -0.1) is 11.3 Å². The van der Waals surface area contributed by atoms with Crippen molar-refractivity contribution in [2.45, 2.75) is 45.7 Å². The summed E-state index contributed by atoms with van der Waals surface area (Å²) in [6.07, 6.45) is 6.12. The van der Waals surface area contributed by atoms with Crippen molar-refractivity contribution in [1.82, 2.24) is 4.57 Å². The highest BCUT2D eigenvalue weighted by molar-refractivity contribution is 7.15. The van der Waals surface area contributed by atoms with Gasteiger partial charge < -0.3 is 15.2 Å². The van der Waals surface area contributed by atoms with Crippen molar-refractivity contribution in [2.75, 3.05) is 10.6 Å². The largest absolute Gasteiger partial charge is 0.359 e. The Balaban J connectivity index is 1.54. The topological polar surface area (TPSA) is 76.6 Å². The van der Waals surface area contributed by atoms with E-state index < -0.39 is 0 Å². The summed E-state index contributed by atoms with van der Waals surface area (Å²) in [7, 11) is 0. The minimum atomic E-state index is -0.255. The van der Waals surface area contributed by atoms with Crippen LogP contribution in [0.5, 0.6) is 0 Å². The van der Waals surface area contributed by atoms with Crippen LogP contribution in [-0.4, -0.2) is 10.7 Å². The highest BCUT2D eigenvalue weighted by Gasteiger charge is 2.25. The van der Waals surface area contributed by atoms with Gasteiger partial charge in [-0.3, -0.25) is 0 Å². The molecule has 2 N–H and O–H groups in total. The lowest BCUT2D eigenvalue weighted by Gasteiger charge is -2.11. The number of benzene rings is 1. The van der Waals surface area contributed by atoms with Crippen molar-refractivity contribution in [3.8, 4) is 17.1 Å². The summed E-state index contributed by atoms with van der Waals surface area (Å²) in [6.45, 7) is 4.14. The van der Waals surface area contributed by atoms with Crippen LogP contribution in [0.15, 0.2) is 35.9 Å². The number of nitriles is 2. The molecule has 0 unspecified atom stereocenters. The molecule has 0 radical (unpaired) electrons. The van der Waals surface area contributed by atoms with E-state index in [9.17, 15) is 10.5 Å². The number of anilines is 2. The quantitative estimate of drug-likeness (QED) is 0.530. The number of hydrogen-bond acceptors (Lipinski definition) is 5. The third-order valence-electron chi connectivity index (χ3n) is 6.22. The molecule has 0 fully saturated rings. The molecular formula is C25H23N5S. The SMILES string of the molecule is Cc1cc(/C=C(\C#N)C2Nc3ccccc3N2)c(C)n1-c1sc2c(c1C#N)CCCC2. The first-order valence-corrected chi connectivity index (χ1v) is 11.4. The second kappa shape index (κ2) is 7.65. The molecule has 31 heavy (non-hydrogen) atoms. The number of rotatable bonds is 3. The van der Waals surface area contributed by atoms with Crippen molar-refractivity contribution < 1.29 is 0 Å². The molecule has 0 saturated carbocycles. The molecule has 2 aliphatic rings. The second-order valence-corrected chi connectivity index (χ2v) is 9.23. The fourth-order valence-corrected chi connectivity index (χ4v) is 6.11. The summed E-state index contributed by atoms with van der Waals surface area (Å²) in [4.78, 5) is 1.36. The molecule has 1 aromatic carbocycles. The van der Waals surface area contributed by atoms with Crippen LogP contribution in [0.1, 0.15) is 45.8 Å². The van der Waals surface area contributed by atoms with E-state index in [1.165, 1.54) is 16.9 Å². The van der Waals surface area contributed by atoms with E-state index in [-0.39, 0.29) is 6.17 Å². The molecule has 5 nitrogen and oxygen atoms in total. The Kier molecular flexibility index (Phi) is 4.81. The van der Waals surface area contributed by atoms with Crippen molar-refractivity contribution >= 4 is 28.8 Å². The van der Waals surface area contributed by atoms with E-state index in [0.29, 0.717) is 5.57 Å². The molecular weight excluding hydrogens is 402 g/mol. The Morgan fingerprint density at radius 3 is 2.52 bits per heavy atom. The molecule has 3 heterocycles. The zero-order chi connectivity index (χ0) is 21.5. The Labute approximate surface area is 186 Å². The summed E-state index contributed by atoms with van der Waals surface area (Å²) in [6, 6.07) is 14.9. The van der Waals surface area contributed by atoms with Gasteiger partial charge >= 0.3 is 0 Å². The van der Waals surface area contributed by atoms with Crippen LogP contribution in [0.4, 0.5) is 11.4 Å². The van der Waals surface area contributed by atoms with E-state index in [1.54, 1.807) is 11.3 Å². The van der Waals surface area contributed by atoms with Crippen molar-refractivity contribution in [1.29, 1.82) is 10.5 Å². The maximum Gasteiger partial charge on any atom is 0.133 e. The van der Waals surface area contributed by atoms with Gasteiger partial charge in [0, 0.05) is 16.3 Å². The van der Waals surface area contributed by atoms with Gasteiger partial charge in [-0.25, -0.2) is 0 Å². The first kappa shape index (κ1) is 19.5. The zero-order valence-electron chi connectivity index (χ0n) is 17.6. The molecule has 154 valence electrons. The molecule has 2 aromatic heterocycles. The maximum absolute atomic E-state index is 9.90. The molecule has 1 aliphatic heterocycles. The van der Waals surface area contributed by atoms with Crippen LogP contribution in [0.3, 0.4) is 0 Å². The monoisotopic (exact) mass is 425 g/mol. The number of hydrogen-bond donors (Lipinski definition) is 2. The summed E-state index contributed by atoms with van der Waals surface area (Å²) in [5.41, 5.74) is 7.83. The van der Waals surface area contributed by atoms with Crippen LogP contribution >= 0.6 is 11.3 Å². The summed E-state index contributed by atoms with van der Waals surface area (Å²) in [5, 5.41) is 27.5. The van der Waals surface area contributed by atoms with Crippen LogP contribution in [0.25, 0.3) is 11.1 Å². The summed E-state index contributed by atoms with van der Waals surface area (Å²) >= 11 is 1.75. The predicted molar refractivity (Wildman–Crippen MR) is 126 cm³/mol. The second-order valence-electron chi connectivity index (χ2n) is 8.14. The van der Waals surface area contributed by atoms with Gasteiger partial charge in [0.25, 0.3) is 0 Å². The summed E-state index contributed by atoms with van der Waals surface area (Å²) < 4.78 is 2.19. The van der Waals surface area contributed by atoms with E-state index in [2.05, 4.69) is 47.3 Å². The highest BCUT2D eigenvalue weighted by Crippen LogP contribution is 2.38. The van der Waals surface area contributed by atoms with Crippen LogP contribution in [0.2, 0.25) is 0 Å². The smallest absolute Gasteiger partial charge is 0.133 e. The standard InChI is InChI=1S/C25H23N5S/c1-15-11-17(12-18(13-26)24-28-21-8-4-5-9-22(21)29-24)16(2)30(15)25-20(14-27)19-7-3-6-10-23(19)31-25/h4-5,8-9,11-12,24,28-29H,3,6-7,10H2,1-2H3/b18-12+. The molecule has 0 amide bonds. The van der Waals surface area contributed by atoms with Gasteiger partial charge in [0.2, 0.25) is 0 Å². The molecule has 5 rings (SSSR count). The zero-order valence-corrected chi connectivity index (χ0v) is 18.4. The number of para-hydroxylation sites is 2. The lowest BCUT2D eigenvalue weighted by Crippen LogP contribution is -2.23. The number of aromatic nitrogens is 1. The van der Waals surface area contributed by atoms with Gasteiger partial charge in [-0.2, -0.15) is 10.5 Å². The van der Waals surface area contributed by atoms with Gasteiger partial charge in [-0.1, -0.05) is 12.1 Å². The number of nitrogens with one attached hydrogen (secondary N) is 2. The van der Waals surface area contributed by atoms with E-state index >= 15 is 0 Å². The Bertz CT molecular complexity index is 1270. The van der Waals surface area contributed by atoms with Crippen molar-refractivity contribution in [3.05, 3.63) is 68.9 Å². The average molecular weight is 426 g/mol. The van der Waals surface area contributed by atoms with Crippen LogP contribution in [0, 0.1) is 36.5 Å². The molecule has 1 aliphatic carbocycles. The number of fused-ring (bicyclic) bond motifs is 2. The highest BCUT2D eigenvalue weighted by atomic mass is 32.1. The molecule has 3 aromatic rings. The molecule has 0 spiro atoms. The minimum absolute atomic E-state index is 0.255. The third kappa shape index (κ3) is 3.21. The average Bonchev–Trinajstić information content (AvgIpc) is 3.44. The number of aryl methyl sites for hydroxylation is 2. The molecule has 0 saturated heterocycles. The van der Waals surface area contributed by atoms with E-state index in [4.69, 9.17) is 0 Å². The van der Waals surface area contributed by atoms with Crippen molar-refractivity contribution in [3.63, 3.8) is 0 Å². The number of nitrogens with zero attached hydrogens (tertiary/aromatic N) is 3. The molecule has 6 heteroatoms. The van der Waals surface area contributed by atoms with Crippen LogP contribution in [-0.2, 0) is 12.8 Å². The van der Waals surface area contributed by atoms with Gasteiger partial charge in [0.15, 0.2) is 0 Å². The number of thiophene rings is 1. The van der Waals surface area contributed by atoms with Crippen LogP contribution < -0.4 is 10.6 Å². The maximum atomic E-state index is 9.90. The van der Waals surface area contributed by atoms with Crippen molar-refractivity contribution in [2.24, 2.45) is 0 Å². The first-order chi connectivity index (χ1) is 15.1. The Morgan fingerprint density at radius 2 is 1.84 bits per heavy atom. The molecule has 0 atom stereocenters. The van der Waals surface area contributed by atoms with Gasteiger partial charge in [-0.05, 0) is 74.9 Å². The Morgan fingerprint density at radius 1 is 1.13 bits per heavy atom. The lowest BCUT2D eigenvalue weighted by molar-refractivity contribution is 0.695. The normalized spacial score (nSPS) is 15.4. The first-order valence-electron chi connectivity index (χ1n) is 10.6. The van der Waals surface area contributed by atoms with E-state index in [0.717, 1.165) is 58.2 Å². The predicted octanol–water partition coefficient (Wildman–Crippen LogP) is 5.68. The van der Waals surface area contributed by atoms with Gasteiger partial charge in [0.1, 0.15) is 17.2 Å². The Hall–Kier alpha value is -3.48. The third-order valence-corrected chi connectivity index (χ3v) is 7.49. The minimum Gasteiger partial charge on any atom is -0.359 e. The van der Waals surface area contributed by atoms with Gasteiger partial charge in [0.05, 0.1) is 28.6 Å². The van der Waals surface area contributed by atoms with E-state index in [1.807, 2.05) is 30.3 Å². The lowest BCUT2D eigenvalue weighted by atomic mass is 9.96. The molecule has 0 bridgehead atoms. The fourth-order valence-electron chi connectivity index (χ4n) is 4.66. The summed E-state index contributed by atoms with van der Waals surface area (Å²) in [5.74, 6) is 0.